The Morgan fingerprint density at radius 3 is 2.71 bits per heavy atom. The number of nitrogens with zero attached hydrogens (tertiary/aromatic N) is 3. The molecule has 0 fully saturated rings. The number of nitrogen functional groups attached to an aromatic ring is 1. The summed E-state index contributed by atoms with van der Waals surface area (Å²) in [5.74, 6) is 1.23. The molecule has 0 bridgehead atoms. The minimum absolute atomic E-state index is 0.262. The van der Waals surface area contributed by atoms with Gasteiger partial charge in [-0.1, -0.05) is 0 Å². The van der Waals surface area contributed by atoms with E-state index in [4.69, 9.17) is 10.5 Å². The molecule has 1 unspecified atom stereocenters. The van der Waals surface area contributed by atoms with Crippen molar-refractivity contribution in [3.8, 4) is 0 Å². The largest absolute Gasteiger partial charge is 0.383 e. The summed E-state index contributed by atoms with van der Waals surface area (Å²) < 4.78 is 5.06. The van der Waals surface area contributed by atoms with Gasteiger partial charge in [-0.05, 0) is 6.92 Å². The minimum Gasteiger partial charge on any atom is -0.383 e. The Labute approximate surface area is 83.9 Å². The van der Waals surface area contributed by atoms with Gasteiger partial charge in [0.25, 0.3) is 0 Å². The molecule has 1 aromatic rings. The number of nitrogens with two attached hydrogens (primary N) is 1. The van der Waals surface area contributed by atoms with Crippen LogP contribution >= 0.6 is 0 Å². The SMILES string of the molecule is COCC(C)N(C)c1cnc(N)cn1. The predicted octanol–water partition coefficient (Wildman–Crippen LogP) is 0.530. The molecule has 1 rings (SSSR count). The quantitative estimate of drug-likeness (QED) is 0.761. The van der Waals surface area contributed by atoms with Gasteiger partial charge in [0.05, 0.1) is 25.0 Å². The summed E-state index contributed by atoms with van der Waals surface area (Å²) in [5.41, 5.74) is 5.44. The molecule has 1 atom stereocenters. The molecule has 5 nitrogen and oxygen atoms in total. The van der Waals surface area contributed by atoms with Gasteiger partial charge in [0, 0.05) is 14.2 Å². The lowest BCUT2D eigenvalue weighted by Gasteiger charge is -2.24. The Kier molecular flexibility index (Phi) is 3.64. The molecule has 0 radical (unpaired) electrons. The van der Waals surface area contributed by atoms with Gasteiger partial charge >= 0.3 is 0 Å². The minimum atomic E-state index is 0.262. The number of likely N-dealkylation sites (N-methyl/N-ethyl adjacent to an activating group) is 1. The Morgan fingerprint density at radius 1 is 1.50 bits per heavy atom. The van der Waals surface area contributed by atoms with Crippen LogP contribution in [0, 0.1) is 0 Å². The third-order valence-electron chi connectivity index (χ3n) is 2.09. The molecule has 78 valence electrons. The van der Waals surface area contributed by atoms with Crippen LogP contribution in [0.25, 0.3) is 0 Å². The number of hydrogen-bond acceptors (Lipinski definition) is 5. The van der Waals surface area contributed by atoms with Gasteiger partial charge in [0.15, 0.2) is 0 Å². The number of ether oxygens (including phenoxy) is 1. The van der Waals surface area contributed by atoms with Crippen molar-refractivity contribution in [3.63, 3.8) is 0 Å². The molecule has 0 aliphatic heterocycles. The second-order valence-corrected chi connectivity index (χ2v) is 3.21. The average molecular weight is 196 g/mol. The van der Waals surface area contributed by atoms with E-state index >= 15 is 0 Å². The van der Waals surface area contributed by atoms with Crippen molar-refractivity contribution in [1.29, 1.82) is 0 Å². The van der Waals surface area contributed by atoms with Crippen LogP contribution < -0.4 is 10.6 Å². The van der Waals surface area contributed by atoms with Crippen LogP contribution in [0.5, 0.6) is 0 Å². The smallest absolute Gasteiger partial charge is 0.147 e. The van der Waals surface area contributed by atoms with Crippen LogP contribution in [0.2, 0.25) is 0 Å². The van der Waals surface area contributed by atoms with Crippen LogP contribution in [0.3, 0.4) is 0 Å². The molecule has 0 saturated carbocycles. The first kappa shape index (κ1) is 10.7. The number of rotatable bonds is 4. The molecule has 2 N–H and O–H groups in total. The fraction of sp³-hybridized carbons (Fsp3) is 0.556. The summed E-state index contributed by atoms with van der Waals surface area (Å²) in [6, 6.07) is 0.262. The summed E-state index contributed by atoms with van der Waals surface area (Å²) in [5, 5.41) is 0. The van der Waals surface area contributed by atoms with Gasteiger partial charge in [0.2, 0.25) is 0 Å². The summed E-state index contributed by atoms with van der Waals surface area (Å²) in [6.45, 7) is 2.71. The zero-order chi connectivity index (χ0) is 10.6. The lowest BCUT2D eigenvalue weighted by atomic mass is 10.3. The van der Waals surface area contributed by atoms with Crippen molar-refractivity contribution in [2.45, 2.75) is 13.0 Å². The number of anilines is 2. The van der Waals surface area contributed by atoms with E-state index in [-0.39, 0.29) is 6.04 Å². The Bertz CT molecular complexity index is 275. The van der Waals surface area contributed by atoms with Crippen LogP contribution in [0.1, 0.15) is 6.92 Å². The maximum absolute atomic E-state index is 5.44. The molecule has 0 aromatic carbocycles. The highest BCUT2D eigenvalue weighted by Gasteiger charge is 2.10. The lowest BCUT2D eigenvalue weighted by Crippen LogP contribution is -2.33. The zero-order valence-corrected chi connectivity index (χ0v) is 8.77. The lowest BCUT2D eigenvalue weighted by molar-refractivity contribution is 0.183. The van der Waals surface area contributed by atoms with Crippen molar-refractivity contribution in [3.05, 3.63) is 12.4 Å². The van der Waals surface area contributed by atoms with Crippen molar-refractivity contribution < 1.29 is 4.74 Å². The van der Waals surface area contributed by atoms with E-state index in [0.29, 0.717) is 12.4 Å². The van der Waals surface area contributed by atoms with E-state index < -0.39 is 0 Å². The molecule has 1 heterocycles. The molecule has 0 saturated heterocycles. The maximum atomic E-state index is 5.44. The normalized spacial score (nSPS) is 12.5. The second-order valence-electron chi connectivity index (χ2n) is 3.21. The third kappa shape index (κ3) is 2.56. The average Bonchev–Trinajstić information content (AvgIpc) is 2.18. The summed E-state index contributed by atoms with van der Waals surface area (Å²) in [7, 11) is 3.63. The first-order chi connectivity index (χ1) is 6.65. The van der Waals surface area contributed by atoms with Gasteiger partial charge in [-0.25, -0.2) is 9.97 Å². The van der Waals surface area contributed by atoms with E-state index in [0.717, 1.165) is 5.82 Å². The van der Waals surface area contributed by atoms with Crippen LogP contribution in [-0.2, 0) is 4.74 Å². The van der Waals surface area contributed by atoms with Crippen molar-refractivity contribution in [2.75, 3.05) is 31.4 Å². The van der Waals surface area contributed by atoms with Crippen LogP contribution in [0.15, 0.2) is 12.4 Å². The standard InChI is InChI=1S/C9H16N4O/c1-7(6-14-3)13(2)9-5-11-8(10)4-12-9/h4-5,7H,6H2,1-3H3,(H2,10,11). The van der Waals surface area contributed by atoms with Crippen molar-refractivity contribution >= 4 is 11.6 Å². The molecule has 1 aromatic heterocycles. The molecule has 0 aliphatic rings. The van der Waals surface area contributed by atoms with E-state index in [1.165, 1.54) is 0 Å². The Hall–Kier alpha value is -1.36. The fourth-order valence-corrected chi connectivity index (χ4v) is 1.09. The van der Waals surface area contributed by atoms with Gasteiger partial charge in [0.1, 0.15) is 11.6 Å². The Morgan fingerprint density at radius 2 is 2.21 bits per heavy atom. The highest BCUT2D eigenvalue weighted by atomic mass is 16.5. The van der Waals surface area contributed by atoms with E-state index in [1.54, 1.807) is 19.5 Å². The van der Waals surface area contributed by atoms with E-state index in [2.05, 4.69) is 16.9 Å². The number of hydrogen-bond donors (Lipinski definition) is 1. The topological polar surface area (TPSA) is 64.3 Å². The molecular formula is C9H16N4O. The van der Waals surface area contributed by atoms with Gasteiger partial charge in [-0.2, -0.15) is 0 Å². The Balaban J connectivity index is 2.68. The first-order valence-electron chi connectivity index (χ1n) is 4.44. The van der Waals surface area contributed by atoms with Crippen LogP contribution in [-0.4, -0.2) is 36.8 Å². The molecule has 5 heteroatoms. The monoisotopic (exact) mass is 196 g/mol. The number of aromatic nitrogens is 2. The zero-order valence-electron chi connectivity index (χ0n) is 8.77. The van der Waals surface area contributed by atoms with E-state index in [1.807, 2.05) is 11.9 Å². The predicted molar refractivity (Wildman–Crippen MR) is 56.2 cm³/mol. The highest BCUT2D eigenvalue weighted by molar-refractivity contribution is 5.39. The molecule has 0 aliphatic carbocycles. The van der Waals surface area contributed by atoms with Crippen molar-refractivity contribution in [2.24, 2.45) is 0 Å². The fourth-order valence-electron chi connectivity index (χ4n) is 1.09. The third-order valence-corrected chi connectivity index (χ3v) is 2.09. The molecule has 14 heavy (non-hydrogen) atoms. The first-order valence-corrected chi connectivity index (χ1v) is 4.44. The van der Waals surface area contributed by atoms with E-state index in [9.17, 15) is 0 Å². The van der Waals surface area contributed by atoms with Crippen LogP contribution in [0.4, 0.5) is 11.6 Å². The summed E-state index contributed by atoms with van der Waals surface area (Å²) in [4.78, 5) is 10.1. The highest BCUT2D eigenvalue weighted by Crippen LogP contribution is 2.10. The molecular weight excluding hydrogens is 180 g/mol. The summed E-state index contributed by atoms with van der Waals surface area (Å²) in [6.07, 6.45) is 3.20. The van der Waals surface area contributed by atoms with Crippen molar-refractivity contribution in [1.82, 2.24) is 9.97 Å². The second kappa shape index (κ2) is 4.76. The number of methoxy groups -OCH3 is 1. The van der Waals surface area contributed by atoms with Gasteiger partial charge < -0.3 is 15.4 Å². The molecule has 0 spiro atoms. The maximum Gasteiger partial charge on any atom is 0.147 e. The van der Waals surface area contributed by atoms with Gasteiger partial charge in [-0.3, -0.25) is 0 Å². The van der Waals surface area contributed by atoms with Gasteiger partial charge in [-0.15, -0.1) is 0 Å². The summed E-state index contributed by atoms with van der Waals surface area (Å²) >= 11 is 0. The molecule has 0 amide bonds.